The number of benzene rings is 1. The van der Waals surface area contributed by atoms with Crippen LogP contribution in [0.15, 0.2) is 29.6 Å². The molecular weight excluding hydrogens is 332 g/mol. The molecule has 3 aromatic rings. The molecule has 2 aromatic heterocycles. The summed E-state index contributed by atoms with van der Waals surface area (Å²) in [6.45, 7) is 3.08. The van der Waals surface area contributed by atoms with Crippen molar-refractivity contribution in [3.63, 3.8) is 0 Å². The Hall–Kier alpha value is -2.02. The van der Waals surface area contributed by atoms with Crippen LogP contribution in [0.5, 0.6) is 0 Å². The number of hydrogen-bond acceptors (Lipinski definition) is 5. The van der Waals surface area contributed by atoms with Gasteiger partial charge in [0.1, 0.15) is 5.69 Å². The van der Waals surface area contributed by atoms with Gasteiger partial charge in [0.2, 0.25) is 5.78 Å². The number of Topliss-reactive ketones (excluding diaryl/α,β-unsaturated/α-hetero) is 1. The maximum atomic E-state index is 13.2. The van der Waals surface area contributed by atoms with Crippen LogP contribution in [0.2, 0.25) is 0 Å². The molecule has 4 heterocycles. The molecule has 6 heteroatoms. The summed E-state index contributed by atoms with van der Waals surface area (Å²) in [4.78, 5) is 16.7. The van der Waals surface area contributed by atoms with Crippen LogP contribution in [0, 0.1) is 6.92 Å². The summed E-state index contributed by atoms with van der Waals surface area (Å²) >= 11 is 1.73. The number of aryl methyl sites for hydroxylation is 1. The van der Waals surface area contributed by atoms with E-state index in [1.54, 1.807) is 11.3 Å². The number of fused-ring (bicyclic) bond motifs is 3. The van der Waals surface area contributed by atoms with Gasteiger partial charge in [0, 0.05) is 28.9 Å². The third kappa shape index (κ3) is 2.28. The maximum absolute atomic E-state index is 13.2. The molecule has 2 bridgehead atoms. The van der Waals surface area contributed by atoms with Crippen LogP contribution in [0.3, 0.4) is 0 Å². The van der Waals surface area contributed by atoms with Gasteiger partial charge in [-0.2, -0.15) is 5.10 Å². The average molecular weight is 352 g/mol. The number of hydrogen-bond donors (Lipinski definition) is 2. The van der Waals surface area contributed by atoms with Gasteiger partial charge >= 0.3 is 0 Å². The van der Waals surface area contributed by atoms with Crippen molar-refractivity contribution in [1.29, 1.82) is 0 Å². The van der Waals surface area contributed by atoms with Crippen molar-refractivity contribution in [2.45, 2.75) is 31.5 Å². The number of rotatable bonds is 3. The molecule has 0 radical (unpaired) electrons. The first-order chi connectivity index (χ1) is 12.1. The molecule has 2 fully saturated rings. The Labute approximate surface area is 150 Å². The summed E-state index contributed by atoms with van der Waals surface area (Å²) in [6.07, 6.45) is 1.05. The Balaban J connectivity index is 1.56. The van der Waals surface area contributed by atoms with Gasteiger partial charge in [0.05, 0.1) is 11.6 Å². The number of thiophene rings is 1. The van der Waals surface area contributed by atoms with Gasteiger partial charge < -0.3 is 5.32 Å². The number of piperazine rings is 1. The second kappa shape index (κ2) is 5.49. The molecule has 2 saturated heterocycles. The number of carbonyl (C=O) groups excluding carboxylic acids is 1. The van der Waals surface area contributed by atoms with Gasteiger partial charge in [0.25, 0.3) is 0 Å². The summed E-state index contributed by atoms with van der Waals surface area (Å²) in [5.74, 6) is 0.118. The lowest BCUT2D eigenvalue weighted by Gasteiger charge is -2.30. The predicted octanol–water partition coefficient (Wildman–Crippen LogP) is 2.83. The largest absolute Gasteiger partial charge is 0.310 e. The Kier molecular flexibility index (Phi) is 3.35. The van der Waals surface area contributed by atoms with Crippen LogP contribution in [-0.2, 0) is 0 Å². The third-order valence-corrected chi connectivity index (χ3v) is 6.71. The number of H-pyrrole nitrogens is 1. The zero-order valence-corrected chi connectivity index (χ0v) is 15.1. The first-order valence-corrected chi connectivity index (χ1v) is 9.53. The number of nitrogens with one attached hydrogen (secondary N) is 2. The molecule has 25 heavy (non-hydrogen) atoms. The molecule has 0 aliphatic carbocycles. The summed E-state index contributed by atoms with van der Waals surface area (Å²) < 4.78 is 0. The molecule has 2 aliphatic rings. The van der Waals surface area contributed by atoms with E-state index < -0.39 is 0 Å². The van der Waals surface area contributed by atoms with E-state index in [2.05, 4.69) is 58.0 Å². The number of likely N-dealkylation sites (tertiary alicyclic amines) is 1. The fourth-order valence-electron chi connectivity index (χ4n) is 4.25. The number of aromatic amines is 1. The number of carbonyl (C=O) groups is 1. The standard InChI is InChI=1S/C19H20N4OS/c1-10-5-16(25-9-10)11-3-4-14-13(6-11)17(22-21-14)19(24)18-15-7-12(8-20-15)23(18)2/h3-6,9,12,15,18,20H,7-8H2,1-2H3,(H,21,22)/t12-,15+,18?/m0/s1. The highest BCUT2D eigenvalue weighted by atomic mass is 32.1. The van der Waals surface area contributed by atoms with Crippen molar-refractivity contribution in [3.05, 3.63) is 40.9 Å². The van der Waals surface area contributed by atoms with Crippen LogP contribution in [-0.4, -0.2) is 52.6 Å². The minimum Gasteiger partial charge on any atom is -0.310 e. The van der Waals surface area contributed by atoms with Gasteiger partial charge in [-0.15, -0.1) is 11.3 Å². The summed E-state index contributed by atoms with van der Waals surface area (Å²) in [7, 11) is 2.06. The van der Waals surface area contributed by atoms with E-state index in [4.69, 9.17) is 0 Å². The summed E-state index contributed by atoms with van der Waals surface area (Å²) in [5, 5.41) is 13.9. The second-order valence-electron chi connectivity index (χ2n) is 7.20. The third-order valence-electron chi connectivity index (χ3n) is 5.62. The van der Waals surface area contributed by atoms with Crippen molar-refractivity contribution in [2.24, 2.45) is 0 Å². The monoisotopic (exact) mass is 352 g/mol. The highest BCUT2D eigenvalue weighted by Crippen LogP contribution is 2.33. The first kappa shape index (κ1) is 15.3. The second-order valence-corrected chi connectivity index (χ2v) is 8.11. The fraction of sp³-hybridized carbons (Fsp3) is 0.368. The molecule has 0 spiro atoms. The smallest absolute Gasteiger partial charge is 0.202 e. The van der Waals surface area contributed by atoms with Crippen molar-refractivity contribution < 1.29 is 4.79 Å². The van der Waals surface area contributed by atoms with Crippen LogP contribution < -0.4 is 5.32 Å². The quantitative estimate of drug-likeness (QED) is 0.712. The Morgan fingerprint density at radius 3 is 2.96 bits per heavy atom. The van der Waals surface area contributed by atoms with E-state index in [-0.39, 0.29) is 17.9 Å². The molecule has 128 valence electrons. The zero-order valence-electron chi connectivity index (χ0n) is 14.2. The topological polar surface area (TPSA) is 61.0 Å². The number of ketones is 1. The number of likely N-dealkylation sites (N-methyl/N-ethyl adjacent to an activating group) is 1. The Morgan fingerprint density at radius 1 is 1.36 bits per heavy atom. The van der Waals surface area contributed by atoms with E-state index in [9.17, 15) is 4.79 Å². The van der Waals surface area contributed by atoms with Crippen LogP contribution in [0.1, 0.15) is 22.5 Å². The van der Waals surface area contributed by atoms with Crippen LogP contribution in [0.4, 0.5) is 0 Å². The van der Waals surface area contributed by atoms with E-state index in [1.807, 2.05) is 6.07 Å². The van der Waals surface area contributed by atoms with Crippen molar-refractivity contribution >= 4 is 28.0 Å². The highest BCUT2D eigenvalue weighted by Gasteiger charge is 2.48. The average Bonchev–Trinajstić information content (AvgIpc) is 3.36. The van der Waals surface area contributed by atoms with Crippen LogP contribution >= 0.6 is 11.3 Å². The SMILES string of the molecule is Cc1csc(-c2ccc3[nH]nc(C(=O)C4[C@H]5C[C@@H](CN5)N4C)c3c2)c1. The first-order valence-electron chi connectivity index (χ1n) is 8.65. The van der Waals surface area contributed by atoms with Crippen molar-refractivity contribution in [3.8, 4) is 10.4 Å². The minimum absolute atomic E-state index is 0.113. The lowest BCUT2D eigenvalue weighted by molar-refractivity contribution is 0.0811. The molecule has 0 amide bonds. The normalized spacial score (nSPS) is 25.9. The highest BCUT2D eigenvalue weighted by molar-refractivity contribution is 7.13. The van der Waals surface area contributed by atoms with Gasteiger partial charge in [-0.05, 0) is 55.1 Å². The molecule has 5 nitrogen and oxygen atoms in total. The van der Waals surface area contributed by atoms with Crippen molar-refractivity contribution in [2.75, 3.05) is 13.6 Å². The van der Waals surface area contributed by atoms with Crippen molar-refractivity contribution in [1.82, 2.24) is 20.4 Å². The molecule has 5 rings (SSSR count). The molecule has 0 saturated carbocycles. The predicted molar refractivity (Wildman–Crippen MR) is 100 cm³/mol. The van der Waals surface area contributed by atoms with Gasteiger partial charge in [0.15, 0.2) is 0 Å². The van der Waals surface area contributed by atoms with E-state index in [0.717, 1.165) is 29.4 Å². The fourth-order valence-corrected chi connectivity index (χ4v) is 5.15. The Bertz CT molecular complexity index is 973. The molecule has 1 unspecified atom stereocenters. The van der Waals surface area contributed by atoms with E-state index >= 15 is 0 Å². The summed E-state index contributed by atoms with van der Waals surface area (Å²) in [6, 6.07) is 8.99. The summed E-state index contributed by atoms with van der Waals surface area (Å²) in [5.41, 5.74) is 3.88. The van der Waals surface area contributed by atoms with E-state index in [0.29, 0.717) is 11.7 Å². The molecule has 1 aromatic carbocycles. The molecule has 3 atom stereocenters. The van der Waals surface area contributed by atoms with Gasteiger partial charge in [-0.25, -0.2) is 0 Å². The van der Waals surface area contributed by atoms with Gasteiger partial charge in [-0.1, -0.05) is 6.07 Å². The maximum Gasteiger partial charge on any atom is 0.202 e. The number of aromatic nitrogens is 2. The van der Waals surface area contributed by atoms with Crippen LogP contribution in [0.25, 0.3) is 21.3 Å². The molecular formula is C19H20N4OS. The van der Waals surface area contributed by atoms with E-state index in [1.165, 1.54) is 10.4 Å². The molecule has 2 aliphatic heterocycles. The zero-order chi connectivity index (χ0) is 17.1. The lowest BCUT2D eigenvalue weighted by Crippen LogP contribution is -2.53. The Morgan fingerprint density at radius 2 is 2.24 bits per heavy atom. The van der Waals surface area contributed by atoms with Gasteiger partial charge in [-0.3, -0.25) is 14.8 Å². The minimum atomic E-state index is -0.113. The lowest BCUT2D eigenvalue weighted by atomic mass is 10.00. The number of nitrogens with zero attached hydrogens (tertiary/aromatic N) is 2. The molecule has 2 N–H and O–H groups in total.